The molecule has 1 atom stereocenters. The van der Waals surface area contributed by atoms with Crippen LogP contribution in [0.2, 0.25) is 0 Å². The van der Waals surface area contributed by atoms with Crippen LogP contribution in [0.25, 0.3) is 11.0 Å². The van der Waals surface area contributed by atoms with Crippen LogP contribution in [0, 0.1) is 6.92 Å². The number of imidazole rings is 1. The van der Waals surface area contributed by atoms with Gasteiger partial charge in [0.1, 0.15) is 5.82 Å². The maximum Gasteiger partial charge on any atom is 0.107 e. The van der Waals surface area contributed by atoms with Gasteiger partial charge in [0, 0.05) is 12.4 Å². The lowest BCUT2D eigenvalue weighted by atomic mass is 10.2. The van der Waals surface area contributed by atoms with Crippen molar-refractivity contribution in [3.8, 4) is 0 Å². The Kier molecular flexibility index (Phi) is 2.93. The molecule has 0 aliphatic heterocycles. The molecule has 0 spiro atoms. The second-order valence-electron chi connectivity index (χ2n) is 3.56. The van der Waals surface area contributed by atoms with Gasteiger partial charge < -0.3 is 10.3 Å². The number of alkyl halides is 1. The molecule has 2 N–H and O–H groups in total. The maximum absolute atomic E-state index is 5.90. The van der Waals surface area contributed by atoms with Gasteiger partial charge in [-0.25, -0.2) is 4.98 Å². The lowest BCUT2D eigenvalue weighted by molar-refractivity contribution is 0.564. The summed E-state index contributed by atoms with van der Waals surface area (Å²) in [4.78, 5) is 4.48. The first-order chi connectivity index (χ1) is 7.27. The van der Waals surface area contributed by atoms with Gasteiger partial charge in [-0.1, -0.05) is 12.1 Å². The van der Waals surface area contributed by atoms with Crippen molar-refractivity contribution in [3.63, 3.8) is 0 Å². The van der Waals surface area contributed by atoms with Gasteiger partial charge in [-0.15, -0.1) is 11.6 Å². The molecule has 0 saturated carbocycles. The number of para-hydroxylation sites is 2. The smallest absolute Gasteiger partial charge is 0.107 e. The van der Waals surface area contributed by atoms with Crippen molar-refractivity contribution in [2.75, 3.05) is 12.4 Å². The first-order valence-corrected chi connectivity index (χ1v) is 5.51. The molecule has 0 fully saturated rings. The van der Waals surface area contributed by atoms with E-state index in [-0.39, 0.29) is 6.04 Å². The van der Waals surface area contributed by atoms with E-state index in [4.69, 9.17) is 17.3 Å². The summed E-state index contributed by atoms with van der Waals surface area (Å²) >= 11 is 5.90. The first-order valence-electron chi connectivity index (χ1n) is 4.97. The number of benzene rings is 1. The highest BCUT2D eigenvalue weighted by Crippen LogP contribution is 2.20. The molecule has 0 saturated heterocycles. The van der Waals surface area contributed by atoms with E-state index in [1.54, 1.807) is 0 Å². The van der Waals surface area contributed by atoms with E-state index >= 15 is 0 Å². The summed E-state index contributed by atoms with van der Waals surface area (Å²) in [6, 6.07) is 8.16. The molecular formula is C11H14ClN3. The molecule has 1 heterocycles. The quantitative estimate of drug-likeness (QED) is 0.810. The number of hydrogen-bond donors (Lipinski definition) is 1. The van der Waals surface area contributed by atoms with Crippen LogP contribution < -0.4 is 5.73 Å². The molecule has 1 unspecified atom stereocenters. The average Bonchev–Trinajstić information content (AvgIpc) is 2.58. The van der Waals surface area contributed by atoms with Gasteiger partial charge in [0.15, 0.2) is 0 Å². The van der Waals surface area contributed by atoms with E-state index in [0.717, 1.165) is 16.9 Å². The van der Waals surface area contributed by atoms with Crippen LogP contribution in [-0.4, -0.2) is 22.0 Å². The van der Waals surface area contributed by atoms with E-state index in [1.165, 1.54) is 0 Å². The Morgan fingerprint density at radius 1 is 1.47 bits per heavy atom. The van der Waals surface area contributed by atoms with Gasteiger partial charge in [-0.05, 0) is 19.1 Å². The minimum atomic E-state index is 0.124. The van der Waals surface area contributed by atoms with Crippen molar-refractivity contribution in [3.05, 3.63) is 30.1 Å². The Bertz CT molecular complexity index is 460. The minimum absolute atomic E-state index is 0.124. The van der Waals surface area contributed by atoms with Crippen LogP contribution in [0.1, 0.15) is 11.9 Å². The first kappa shape index (κ1) is 10.5. The van der Waals surface area contributed by atoms with E-state index in [0.29, 0.717) is 12.4 Å². The molecule has 1 aromatic heterocycles. The zero-order valence-corrected chi connectivity index (χ0v) is 9.41. The number of hydrogen-bond acceptors (Lipinski definition) is 2. The Labute approximate surface area is 93.9 Å². The third-order valence-electron chi connectivity index (χ3n) is 2.59. The Hall–Kier alpha value is -1.06. The number of aromatic nitrogens is 2. The summed E-state index contributed by atoms with van der Waals surface area (Å²) in [5, 5.41) is 0. The summed E-state index contributed by atoms with van der Waals surface area (Å²) in [6.45, 7) is 2.51. The van der Waals surface area contributed by atoms with Crippen molar-refractivity contribution in [1.29, 1.82) is 0 Å². The van der Waals surface area contributed by atoms with E-state index in [9.17, 15) is 0 Å². The third-order valence-corrected chi connectivity index (χ3v) is 2.94. The summed E-state index contributed by atoms with van der Waals surface area (Å²) in [6.07, 6.45) is 0. The van der Waals surface area contributed by atoms with Gasteiger partial charge >= 0.3 is 0 Å². The predicted octanol–water partition coefficient (Wildman–Crippen LogP) is 2.08. The number of rotatable bonds is 3. The molecule has 0 amide bonds. The topological polar surface area (TPSA) is 43.8 Å². The molecule has 2 rings (SSSR count). The van der Waals surface area contributed by atoms with Crippen LogP contribution >= 0.6 is 11.6 Å². The fourth-order valence-electron chi connectivity index (χ4n) is 1.86. The van der Waals surface area contributed by atoms with Crippen LogP contribution in [0.4, 0.5) is 0 Å². The van der Waals surface area contributed by atoms with Crippen molar-refractivity contribution in [2.45, 2.75) is 13.0 Å². The number of nitrogens with zero attached hydrogens (tertiary/aromatic N) is 2. The lowest BCUT2D eigenvalue weighted by Gasteiger charge is -2.16. The maximum atomic E-state index is 5.90. The fourth-order valence-corrected chi connectivity index (χ4v) is 2.13. The van der Waals surface area contributed by atoms with Crippen LogP contribution in [-0.2, 0) is 0 Å². The van der Waals surface area contributed by atoms with Crippen molar-refractivity contribution in [2.24, 2.45) is 5.73 Å². The van der Waals surface area contributed by atoms with Gasteiger partial charge in [0.05, 0.1) is 17.1 Å². The highest BCUT2D eigenvalue weighted by atomic mass is 35.5. The normalized spacial score (nSPS) is 13.3. The van der Waals surface area contributed by atoms with Crippen molar-refractivity contribution in [1.82, 2.24) is 9.55 Å². The second-order valence-corrected chi connectivity index (χ2v) is 3.87. The number of fused-ring (bicyclic) bond motifs is 1. The van der Waals surface area contributed by atoms with Gasteiger partial charge in [-0.2, -0.15) is 0 Å². The highest BCUT2D eigenvalue weighted by molar-refractivity contribution is 6.18. The van der Waals surface area contributed by atoms with Crippen LogP contribution in [0.3, 0.4) is 0 Å². The minimum Gasteiger partial charge on any atom is -0.328 e. The zero-order valence-electron chi connectivity index (χ0n) is 8.65. The predicted molar refractivity (Wildman–Crippen MR) is 63.3 cm³/mol. The summed E-state index contributed by atoms with van der Waals surface area (Å²) in [5.74, 6) is 1.48. The molecule has 0 radical (unpaired) electrons. The highest BCUT2D eigenvalue weighted by Gasteiger charge is 2.14. The molecule has 4 heteroatoms. The average molecular weight is 224 g/mol. The lowest BCUT2D eigenvalue weighted by Crippen LogP contribution is -2.21. The molecule has 2 aromatic rings. The van der Waals surface area contributed by atoms with E-state index in [2.05, 4.69) is 9.55 Å². The van der Waals surface area contributed by atoms with Crippen LogP contribution in [0.5, 0.6) is 0 Å². The summed E-state index contributed by atoms with van der Waals surface area (Å²) < 4.78 is 2.11. The van der Waals surface area contributed by atoms with Gasteiger partial charge in [0.25, 0.3) is 0 Å². The molecule has 80 valence electrons. The standard InChI is InChI=1S/C11H14ClN3/c1-8-14-10-4-2-3-5-11(10)15(8)9(6-12)7-13/h2-5,9H,6-7,13H2,1H3. The second kappa shape index (κ2) is 4.21. The van der Waals surface area contributed by atoms with Crippen molar-refractivity contribution >= 4 is 22.6 Å². The van der Waals surface area contributed by atoms with Gasteiger partial charge in [0.2, 0.25) is 0 Å². The molecule has 0 aliphatic rings. The fraction of sp³-hybridized carbons (Fsp3) is 0.364. The SMILES string of the molecule is Cc1nc2ccccc2n1C(CN)CCl. The molecule has 3 nitrogen and oxygen atoms in total. The summed E-state index contributed by atoms with van der Waals surface area (Å²) in [5.41, 5.74) is 7.80. The number of halogens is 1. The van der Waals surface area contributed by atoms with E-state index in [1.807, 2.05) is 31.2 Å². The number of aryl methyl sites for hydroxylation is 1. The molecule has 0 aliphatic carbocycles. The molecular weight excluding hydrogens is 210 g/mol. The molecule has 1 aromatic carbocycles. The monoisotopic (exact) mass is 223 g/mol. The molecule has 15 heavy (non-hydrogen) atoms. The largest absolute Gasteiger partial charge is 0.328 e. The van der Waals surface area contributed by atoms with Gasteiger partial charge in [-0.3, -0.25) is 0 Å². The van der Waals surface area contributed by atoms with E-state index < -0.39 is 0 Å². The number of nitrogens with two attached hydrogens (primary N) is 1. The zero-order chi connectivity index (χ0) is 10.8. The summed E-state index contributed by atoms with van der Waals surface area (Å²) in [7, 11) is 0. The van der Waals surface area contributed by atoms with Crippen molar-refractivity contribution < 1.29 is 0 Å². The Morgan fingerprint density at radius 2 is 2.20 bits per heavy atom. The molecule has 0 bridgehead atoms. The third kappa shape index (κ3) is 1.73. The Morgan fingerprint density at radius 3 is 2.87 bits per heavy atom. The van der Waals surface area contributed by atoms with Crippen LogP contribution in [0.15, 0.2) is 24.3 Å². The Balaban J connectivity index is 2.62.